The highest BCUT2D eigenvalue weighted by atomic mass is 16.6. The lowest BCUT2D eigenvalue weighted by atomic mass is 10.0. The van der Waals surface area contributed by atoms with Gasteiger partial charge in [-0.05, 0) is 42.2 Å². The number of benzene rings is 2. The number of hydroxylamine groups is 1. The number of nitrogens with zero attached hydrogens (tertiary/aromatic N) is 1. The summed E-state index contributed by atoms with van der Waals surface area (Å²) in [6.07, 6.45) is 0.997. The lowest BCUT2D eigenvalue weighted by Crippen LogP contribution is -2.26. The van der Waals surface area contributed by atoms with E-state index in [9.17, 15) is 4.79 Å². The fourth-order valence-corrected chi connectivity index (χ4v) is 3.21. The quantitative estimate of drug-likeness (QED) is 0.503. The van der Waals surface area contributed by atoms with E-state index in [4.69, 9.17) is 20.1 Å². The second-order valence-electron chi connectivity index (χ2n) is 6.71. The number of carbonyl (C=O) groups excluding carboxylic acids is 1. The van der Waals surface area contributed by atoms with E-state index < -0.39 is 5.91 Å². The Morgan fingerprint density at radius 3 is 2.55 bits per heavy atom. The first kappa shape index (κ1) is 20.4. The molecule has 29 heavy (non-hydrogen) atoms. The van der Waals surface area contributed by atoms with Gasteiger partial charge in [-0.15, -0.1) is 0 Å². The zero-order valence-corrected chi connectivity index (χ0v) is 16.8. The molecular formula is C22H25N3O4. The van der Waals surface area contributed by atoms with Crippen molar-refractivity contribution in [3.05, 3.63) is 76.5 Å². The Kier molecular flexibility index (Phi) is 6.51. The zero-order valence-electron chi connectivity index (χ0n) is 16.8. The van der Waals surface area contributed by atoms with E-state index in [2.05, 4.69) is 22.8 Å². The normalized spacial score (nSPS) is 17.5. The molecule has 0 aliphatic heterocycles. The summed E-state index contributed by atoms with van der Waals surface area (Å²) in [7, 11) is 3.03. The van der Waals surface area contributed by atoms with Gasteiger partial charge in [0, 0.05) is 17.2 Å². The van der Waals surface area contributed by atoms with Crippen molar-refractivity contribution < 1.29 is 19.2 Å². The summed E-state index contributed by atoms with van der Waals surface area (Å²) in [6, 6.07) is 15.4. The topological polar surface area (TPSA) is 95.2 Å². The molecule has 3 N–H and O–H groups in total. The maximum absolute atomic E-state index is 11.7. The van der Waals surface area contributed by atoms with Gasteiger partial charge in [0.2, 0.25) is 0 Å². The maximum Gasteiger partial charge on any atom is 0.271 e. The van der Waals surface area contributed by atoms with E-state index in [1.165, 1.54) is 18.2 Å². The predicted octanol–water partition coefficient (Wildman–Crippen LogP) is 3.01. The van der Waals surface area contributed by atoms with Crippen LogP contribution in [0.1, 0.15) is 36.0 Å². The van der Waals surface area contributed by atoms with Crippen LogP contribution in [0.3, 0.4) is 0 Å². The lowest BCUT2D eigenvalue weighted by Gasteiger charge is -2.11. The zero-order chi connectivity index (χ0) is 20.8. The molecule has 1 fully saturated rings. The summed E-state index contributed by atoms with van der Waals surface area (Å²) < 4.78 is 5.21. The summed E-state index contributed by atoms with van der Waals surface area (Å²) in [5.41, 5.74) is 13.4. The smallest absolute Gasteiger partial charge is 0.271 e. The Hall–Kier alpha value is -3.32. The van der Waals surface area contributed by atoms with Crippen LogP contribution in [0.15, 0.2) is 65.0 Å². The van der Waals surface area contributed by atoms with Crippen molar-refractivity contribution in [3.8, 4) is 5.75 Å². The molecular weight excluding hydrogens is 370 g/mol. The van der Waals surface area contributed by atoms with Crippen molar-refractivity contribution in [2.24, 2.45) is 10.9 Å². The fourth-order valence-electron chi connectivity index (χ4n) is 3.21. The highest BCUT2D eigenvalue weighted by Gasteiger charge is 2.33. The van der Waals surface area contributed by atoms with Crippen molar-refractivity contribution in [1.29, 1.82) is 0 Å². The van der Waals surface area contributed by atoms with Crippen LogP contribution in [-0.2, 0) is 21.1 Å². The number of ether oxygens (including phenoxy) is 1. The number of primary amides is 1. The minimum Gasteiger partial charge on any atom is -0.497 e. The van der Waals surface area contributed by atoms with Crippen LogP contribution in [-0.4, -0.2) is 25.8 Å². The first-order valence-electron chi connectivity index (χ1n) is 9.25. The molecule has 1 atom stereocenters. The fraction of sp³-hybridized carbons (Fsp3) is 0.273. The number of amides is 1. The van der Waals surface area contributed by atoms with Crippen molar-refractivity contribution in [1.82, 2.24) is 5.48 Å². The number of nitrogens with two attached hydrogens (primary N) is 1. The summed E-state index contributed by atoms with van der Waals surface area (Å²) in [4.78, 5) is 22.1. The third kappa shape index (κ3) is 4.94. The monoisotopic (exact) mass is 395 g/mol. The third-order valence-corrected chi connectivity index (χ3v) is 4.83. The molecule has 152 valence electrons. The molecule has 1 aliphatic rings. The van der Waals surface area contributed by atoms with Gasteiger partial charge in [-0.25, -0.2) is 0 Å². The minimum absolute atomic E-state index is 0.0588. The second kappa shape index (κ2) is 9.25. The van der Waals surface area contributed by atoms with Gasteiger partial charge in [0.05, 0.1) is 7.11 Å². The van der Waals surface area contributed by atoms with Crippen LogP contribution in [0, 0.1) is 0 Å². The summed E-state index contributed by atoms with van der Waals surface area (Å²) in [6.45, 7) is 2.23. The maximum atomic E-state index is 11.7. The molecule has 0 saturated heterocycles. The number of hydrogen-bond acceptors (Lipinski definition) is 6. The molecule has 0 aromatic heterocycles. The number of carbonyl (C=O) groups is 1. The average molecular weight is 395 g/mol. The van der Waals surface area contributed by atoms with Crippen LogP contribution in [0.5, 0.6) is 5.75 Å². The Bertz CT molecular complexity index is 935. The number of nitrogens with one attached hydrogen (secondary N) is 1. The highest BCUT2D eigenvalue weighted by molar-refractivity contribution is 6.45. The minimum atomic E-state index is -0.661. The molecule has 1 amide bonds. The number of oxime groups is 1. The molecule has 2 aromatic carbocycles. The largest absolute Gasteiger partial charge is 0.497 e. The van der Waals surface area contributed by atoms with Gasteiger partial charge >= 0.3 is 0 Å². The Labute approximate surface area is 170 Å². The summed E-state index contributed by atoms with van der Waals surface area (Å²) >= 11 is 0. The standard InChI is InChI=1S/C22H25N3O4/c1-14(19-12-20(19)15-8-10-17(27-2)11-9-15)24-29-13-16-6-4-5-7-18(16)21(22(23)26)25-28-3/h4-11,20,24H,12-13H2,1-3H3,(H2,23,26)/t20-/m0/s1. The lowest BCUT2D eigenvalue weighted by molar-refractivity contribution is -0.112. The predicted molar refractivity (Wildman–Crippen MR) is 110 cm³/mol. The van der Waals surface area contributed by atoms with Crippen molar-refractivity contribution in [2.45, 2.75) is 25.9 Å². The summed E-state index contributed by atoms with van der Waals surface area (Å²) in [5.74, 6) is 0.592. The SMILES string of the molecule is CON=C(C(N)=O)c1ccccc1CONC(C)=C1C[C@H]1c1ccc(OC)cc1. The molecule has 2 aromatic rings. The van der Waals surface area contributed by atoms with Gasteiger partial charge in [-0.2, -0.15) is 0 Å². The molecule has 7 nitrogen and oxygen atoms in total. The molecule has 0 spiro atoms. The van der Waals surface area contributed by atoms with Crippen molar-refractivity contribution >= 4 is 11.6 Å². The highest BCUT2D eigenvalue weighted by Crippen LogP contribution is 2.48. The van der Waals surface area contributed by atoms with Crippen molar-refractivity contribution in [2.75, 3.05) is 14.2 Å². The first-order valence-corrected chi connectivity index (χ1v) is 9.25. The second-order valence-corrected chi connectivity index (χ2v) is 6.71. The van der Waals surface area contributed by atoms with E-state index >= 15 is 0 Å². The molecule has 1 saturated carbocycles. The average Bonchev–Trinajstić information content (AvgIpc) is 3.53. The van der Waals surface area contributed by atoms with Crippen LogP contribution >= 0.6 is 0 Å². The summed E-state index contributed by atoms with van der Waals surface area (Å²) in [5, 5.41) is 3.74. The molecule has 7 heteroatoms. The van der Waals surface area contributed by atoms with E-state index in [0.717, 1.165) is 23.4 Å². The molecule has 1 aliphatic carbocycles. The van der Waals surface area contributed by atoms with Crippen LogP contribution in [0.2, 0.25) is 0 Å². The van der Waals surface area contributed by atoms with Gasteiger partial charge in [0.25, 0.3) is 5.91 Å². The van der Waals surface area contributed by atoms with Gasteiger partial charge in [-0.3, -0.25) is 15.1 Å². The van der Waals surface area contributed by atoms with Crippen molar-refractivity contribution in [3.63, 3.8) is 0 Å². The molecule has 0 unspecified atom stereocenters. The van der Waals surface area contributed by atoms with Crippen LogP contribution in [0.25, 0.3) is 0 Å². The molecule has 0 heterocycles. The van der Waals surface area contributed by atoms with Gasteiger partial charge < -0.3 is 15.3 Å². The molecule has 3 rings (SSSR count). The van der Waals surface area contributed by atoms with Crippen LogP contribution < -0.4 is 16.0 Å². The Morgan fingerprint density at radius 1 is 1.17 bits per heavy atom. The first-order chi connectivity index (χ1) is 14.0. The third-order valence-electron chi connectivity index (χ3n) is 4.83. The molecule has 0 bridgehead atoms. The number of rotatable bonds is 9. The van der Waals surface area contributed by atoms with E-state index in [-0.39, 0.29) is 12.3 Å². The van der Waals surface area contributed by atoms with E-state index in [1.807, 2.05) is 31.2 Å². The molecule has 0 radical (unpaired) electrons. The van der Waals surface area contributed by atoms with E-state index in [0.29, 0.717) is 11.5 Å². The van der Waals surface area contributed by atoms with Gasteiger partial charge in [-0.1, -0.05) is 41.6 Å². The Balaban J connectivity index is 1.63. The number of allylic oxidation sites excluding steroid dienone is 2. The number of methoxy groups -OCH3 is 1. The van der Waals surface area contributed by atoms with Gasteiger partial charge in [0.1, 0.15) is 19.5 Å². The van der Waals surface area contributed by atoms with Gasteiger partial charge in [0.15, 0.2) is 5.71 Å². The Morgan fingerprint density at radius 2 is 1.90 bits per heavy atom. The number of hydrogen-bond donors (Lipinski definition) is 2. The van der Waals surface area contributed by atoms with E-state index in [1.54, 1.807) is 19.2 Å². The van der Waals surface area contributed by atoms with Crippen LogP contribution in [0.4, 0.5) is 0 Å².